The molecule has 27 heavy (non-hydrogen) atoms. The molecule has 0 bridgehead atoms. The molecule has 0 aliphatic rings. The Kier molecular flexibility index (Phi) is 4.78. The van der Waals surface area contributed by atoms with E-state index in [2.05, 4.69) is 15.4 Å². The zero-order valence-corrected chi connectivity index (χ0v) is 14.7. The van der Waals surface area contributed by atoms with Crippen LogP contribution in [0.4, 0.5) is 0 Å². The second-order valence-electron chi connectivity index (χ2n) is 6.15. The molecule has 0 spiro atoms. The van der Waals surface area contributed by atoms with Crippen LogP contribution < -0.4 is 5.32 Å². The quantitative estimate of drug-likeness (QED) is 0.577. The number of carbonyl (C=O) groups is 1. The van der Waals surface area contributed by atoms with Crippen molar-refractivity contribution in [1.29, 1.82) is 0 Å². The number of nitrogens with one attached hydrogen (secondary N) is 1. The molecule has 0 atom stereocenters. The fourth-order valence-electron chi connectivity index (χ4n) is 2.83. The number of carbonyl (C=O) groups excluding carboxylic acids is 1. The average molecular weight is 357 g/mol. The Hall–Kier alpha value is -3.67. The molecule has 2 aromatic carbocycles. The first-order chi connectivity index (χ1) is 13.3. The Morgan fingerprint density at radius 3 is 2.56 bits per heavy atom. The van der Waals surface area contributed by atoms with Gasteiger partial charge in [-0.05, 0) is 48.4 Å². The summed E-state index contributed by atoms with van der Waals surface area (Å²) in [6, 6.07) is 17.4. The van der Waals surface area contributed by atoms with Gasteiger partial charge >= 0.3 is 0 Å². The van der Waals surface area contributed by atoms with Crippen molar-refractivity contribution in [2.45, 2.75) is 6.42 Å². The summed E-state index contributed by atoms with van der Waals surface area (Å²) in [5.74, 6) is -0.0809. The van der Waals surface area contributed by atoms with E-state index in [1.807, 2.05) is 82.4 Å². The predicted molar refractivity (Wildman–Crippen MR) is 103 cm³/mol. The molecule has 0 saturated carbocycles. The van der Waals surface area contributed by atoms with E-state index in [9.17, 15) is 4.79 Å². The van der Waals surface area contributed by atoms with Crippen LogP contribution in [0.25, 0.3) is 11.4 Å². The second-order valence-corrected chi connectivity index (χ2v) is 6.15. The number of hydrogen-bond acceptors (Lipinski definition) is 3. The van der Waals surface area contributed by atoms with Crippen LogP contribution in [0.3, 0.4) is 0 Å². The highest BCUT2D eigenvalue weighted by atomic mass is 16.1. The molecule has 2 heterocycles. The van der Waals surface area contributed by atoms with Gasteiger partial charge in [0.2, 0.25) is 0 Å². The van der Waals surface area contributed by atoms with E-state index < -0.39 is 0 Å². The zero-order valence-electron chi connectivity index (χ0n) is 14.7. The van der Waals surface area contributed by atoms with Crippen LogP contribution in [-0.2, 0) is 6.42 Å². The van der Waals surface area contributed by atoms with Crippen molar-refractivity contribution >= 4 is 5.91 Å². The van der Waals surface area contributed by atoms with Crippen molar-refractivity contribution in [3.63, 3.8) is 0 Å². The van der Waals surface area contributed by atoms with Gasteiger partial charge in [0, 0.05) is 36.4 Å². The second kappa shape index (κ2) is 7.70. The number of hydrogen-bond donors (Lipinski definition) is 1. The van der Waals surface area contributed by atoms with Crippen molar-refractivity contribution in [1.82, 2.24) is 24.6 Å². The Bertz CT molecular complexity index is 1000. The fourth-order valence-corrected chi connectivity index (χ4v) is 2.83. The highest BCUT2D eigenvalue weighted by Gasteiger charge is 2.06. The Balaban J connectivity index is 1.31. The van der Waals surface area contributed by atoms with E-state index in [1.165, 1.54) is 0 Å². The Labute approximate surface area is 157 Å². The van der Waals surface area contributed by atoms with Crippen LogP contribution in [0.15, 0.2) is 85.7 Å². The molecule has 0 saturated heterocycles. The minimum Gasteiger partial charge on any atom is -0.352 e. The van der Waals surface area contributed by atoms with Crippen molar-refractivity contribution in [3.8, 4) is 11.4 Å². The predicted octanol–water partition coefficient (Wildman–Crippen LogP) is 3.03. The van der Waals surface area contributed by atoms with E-state index >= 15 is 0 Å². The molecule has 0 aliphatic heterocycles. The highest BCUT2D eigenvalue weighted by Crippen LogP contribution is 2.10. The molecular weight excluding hydrogens is 338 g/mol. The number of nitrogens with zero attached hydrogens (tertiary/aromatic N) is 4. The lowest BCUT2D eigenvalue weighted by molar-refractivity contribution is 0.0954. The summed E-state index contributed by atoms with van der Waals surface area (Å²) < 4.78 is 3.73. The Morgan fingerprint density at radius 1 is 1.00 bits per heavy atom. The molecule has 0 unspecified atom stereocenters. The molecule has 6 heteroatoms. The van der Waals surface area contributed by atoms with Crippen LogP contribution in [0.2, 0.25) is 0 Å². The summed E-state index contributed by atoms with van der Waals surface area (Å²) in [5, 5.41) is 7.33. The lowest BCUT2D eigenvalue weighted by Gasteiger charge is -2.06. The molecule has 2 aromatic heterocycles. The molecule has 0 fully saturated rings. The van der Waals surface area contributed by atoms with Gasteiger partial charge in [0.15, 0.2) is 0 Å². The summed E-state index contributed by atoms with van der Waals surface area (Å²) >= 11 is 0. The molecule has 134 valence electrons. The van der Waals surface area contributed by atoms with Crippen LogP contribution in [-0.4, -0.2) is 31.8 Å². The van der Waals surface area contributed by atoms with Gasteiger partial charge in [0.05, 0.1) is 18.2 Å². The van der Waals surface area contributed by atoms with E-state index in [0.29, 0.717) is 12.1 Å². The smallest absolute Gasteiger partial charge is 0.251 e. The number of rotatable bonds is 6. The Morgan fingerprint density at radius 2 is 1.81 bits per heavy atom. The average Bonchev–Trinajstić information content (AvgIpc) is 3.41. The molecule has 4 aromatic rings. The summed E-state index contributed by atoms with van der Waals surface area (Å²) in [6.45, 7) is 0.558. The minimum absolute atomic E-state index is 0.0809. The van der Waals surface area contributed by atoms with Crippen LogP contribution >= 0.6 is 0 Å². The first-order valence-corrected chi connectivity index (χ1v) is 8.75. The van der Waals surface area contributed by atoms with Gasteiger partial charge in [-0.3, -0.25) is 4.79 Å². The third-order valence-corrected chi connectivity index (χ3v) is 4.29. The monoisotopic (exact) mass is 357 g/mol. The lowest BCUT2D eigenvalue weighted by atomic mass is 10.2. The normalized spacial score (nSPS) is 10.7. The number of imidazole rings is 1. The third kappa shape index (κ3) is 3.95. The van der Waals surface area contributed by atoms with Gasteiger partial charge < -0.3 is 9.88 Å². The van der Waals surface area contributed by atoms with Gasteiger partial charge in [0.25, 0.3) is 5.91 Å². The summed E-state index contributed by atoms with van der Waals surface area (Å²) in [5.41, 5.74) is 3.71. The highest BCUT2D eigenvalue weighted by molar-refractivity contribution is 5.94. The van der Waals surface area contributed by atoms with Crippen LogP contribution in [0.1, 0.15) is 15.9 Å². The summed E-state index contributed by atoms with van der Waals surface area (Å²) in [6.07, 6.45) is 9.86. The number of aromatic nitrogens is 4. The zero-order chi connectivity index (χ0) is 18.5. The van der Waals surface area contributed by atoms with Crippen molar-refractivity contribution < 1.29 is 4.79 Å². The molecule has 6 nitrogen and oxygen atoms in total. The van der Waals surface area contributed by atoms with E-state index in [-0.39, 0.29) is 5.91 Å². The molecule has 1 amide bonds. The molecule has 0 aliphatic carbocycles. The molecule has 0 radical (unpaired) electrons. The molecular formula is C21H19N5O. The largest absolute Gasteiger partial charge is 0.352 e. The maximum absolute atomic E-state index is 12.3. The first kappa shape index (κ1) is 16.8. The topological polar surface area (TPSA) is 64.7 Å². The summed E-state index contributed by atoms with van der Waals surface area (Å²) in [7, 11) is 0. The maximum atomic E-state index is 12.3. The van der Waals surface area contributed by atoms with Crippen LogP contribution in [0.5, 0.6) is 0 Å². The molecule has 1 N–H and O–H groups in total. The number of benzene rings is 2. The van der Waals surface area contributed by atoms with Crippen molar-refractivity contribution in [2.75, 3.05) is 6.54 Å². The maximum Gasteiger partial charge on any atom is 0.251 e. The van der Waals surface area contributed by atoms with Gasteiger partial charge in [-0.2, -0.15) is 5.10 Å². The fraction of sp³-hybridized carbons (Fsp3) is 0.0952. The number of para-hydroxylation sites is 1. The minimum atomic E-state index is -0.0809. The standard InChI is InChI=1S/C21H19N5O/c27-21(18-6-8-19(9-7-18)25-13-12-22-16-25)23-11-10-17-14-24-26(15-17)20-4-2-1-3-5-20/h1-9,12-16H,10-11H2,(H,23,27). The lowest BCUT2D eigenvalue weighted by Crippen LogP contribution is -2.25. The van der Waals surface area contributed by atoms with Gasteiger partial charge in [-0.25, -0.2) is 9.67 Å². The third-order valence-electron chi connectivity index (χ3n) is 4.29. The van der Waals surface area contributed by atoms with E-state index in [1.54, 1.807) is 12.5 Å². The molecule has 4 rings (SSSR count). The van der Waals surface area contributed by atoms with E-state index in [4.69, 9.17) is 0 Å². The van der Waals surface area contributed by atoms with Gasteiger partial charge in [-0.1, -0.05) is 18.2 Å². The SMILES string of the molecule is O=C(NCCc1cnn(-c2ccccc2)c1)c1ccc(-n2ccnc2)cc1. The van der Waals surface area contributed by atoms with Crippen LogP contribution in [0, 0.1) is 0 Å². The first-order valence-electron chi connectivity index (χ1n) is 8.75. The van der Waals surface area contributed by atoms with Gasteiger partial charge in [0.1, 0.15) is 0 Å². The van der Waals surface area contributed by atoms with Crippen molar-refractivity contribution in [3.05, 3.63) is 96.8 Å². The summed E-state index contributed by atoms with van der Waals surface area (Å²) in [4.78, 5) is 16.3. The van der Waals surface area contributed by atoms with E-state index in [0.717, 1.165) is 23.4 Å². The van der Waals surface area contributed by atoms with Crippen molar-refractivity contribution in [2.24, 2.45) is 0 Å². The number of amides is 1. The van der Waals surface area contributed by atoms with Gasteiger partial charge in [-0.15, -0.1) is 0 Å².